The lowest BCUT2D eigenvalue weighted by Gasteiger charge is -2.33. The summed E-state index contributed by atoms with van der Waals surface area (Å²) in [4.78, 5) is 93.9. The molecule has 3 heterocycles. The molecule has 2 aromatic rings. The zero-order valence-electron chi connectivity index (χ0n) is 19.6. The monoisotopic (exact) mass is 532 g/mol. The van der Waals surface area contributed by atoms with Crippen LogP contribution in [0.15, 0.2) is 34.0 Å². The minimum absolute atomic E-state index is 0.215. The number of primary amides is 1. The number of non-ortho nitro benzene ring substituents is 1. The Kier molecular flexibility index (Phi) is 6.51. The number of carbonyl (C=O) groups is 3. The van der Waals surface area contributed by atoms with E-state index in [9.17, 15) is 44.2 Å². The lowest BCUT2D eigenvalue weighted by molar-refractivity contribution is -0.393. The Labute approximate surface area is 210 Å². The third kappa shape index (κ3) is 4.26. The van der Waals surface area contributed by atoms with Crippen LogP contribution in [0.3, 0.4) is 0 Å². The van der Waals surface area contributed by atoms with Crippen LogP contribution in [-0.2, 0) is 19.2 Å². The van der Waals surface area contributed by atoms with Crippen molar-refractivity contribution in [3.63, 3.8) is 0 Å². The number of imide groups is 1. The van der Waals surface area contributed by atoms with Gasteiger partial charge in [-0.05, 0) is 12.0 Å². The molecule has 200 valence electrons. The second kappa shape index (κ2) is 9.48. The molecule has 5 N–H and O–H groups in total. The van der Waals surface area contributed by atoms with Gasteiger partial charge in [0, 0.05) is 12.3 Å². The topological polar surface area (TPSA) is 257 Å². The fourth-order valence-electron chi connectivity index (χ4n) is 4.50. The van der Waals surface area contributed by atoms with Crippen molar-refractivity contribution in [3.8, 4) is 0 Å². The summed E-state index contributed by atoms with van der Waals surface area (Å²) < 4.78 is 0. The van der Waals surface area contributed by atoms with Gasteiger partial charge in [0.2, 0.25) is 5.91 Å². The maximum absolute atomic E-state index is 13.5. The van der Waals surface area contributed by atoms with Crippen molar-refractivity contribution in [1.29, 1.82) is 0 Å². The molecule has 2 saturated heterocycles. The highest BCUT2D eigenvalue weighted by molar-refractivity contribution is 6.08. The Morgan fingerprint density at radius 2 is 1.82 bits per heavy atom. The molecule has 4 rings (SSSR count). The maximum Gasteiger partial charge on any atom is 0.325 e. The quantitative estimate of drug-likeness (QED) is 0.182. The molecule has 0 spiro atoms. The van der Waals surface area contributed by atoms with E-state index in [4.69, 9.17) is 10.6 Å². The lowest BCUT2D eigenvalue weighted by Crippen LogP contribution is -2.50. The van der Waals surface area contributed by atoms with Gasteiger partial charge in [-0.1, -0.05) is 13.8 Å². The molecule has 4 unspecified atom stereocenters. The van der Waals surface area contributed by atoms with Gasteiger partial charge in [-0.2, -0.15) is 10.1 Å². The van der Waals surface area contributed by atoms with E-state index >= 15 is 0 Å². The number of rotatable bonds is 8. The Morgan fingerprint density at radius 1 is 1.13 bits per heavy atom. The van der Waals surface area contributed by atoms with Crippen molar-refractivity contribution in [2.24, 2.45) is 17.6 Å². The first kappa shape index (κ1) is 26.1. The average molecular weight is 532 g/mol. The Hall–Kier alpha value is -4.97. The SMILES string of the molecule is CC(C)C(C(N)=O)N1OC2C(=O)N(Nc3ccc([N+](=O)[O-])cc3[N+](=O)[O-])C(=O)C2C1c1c[nH]c(=O)[nH]c1=O. The number of hydrogen-bond donors (Lipinski definition) is 4. The zero-order valence-corrected chi connectivity index (χ0v) is 19.6. The second-order valence-electron chi connectivity index (χ2n) is 8.81. The highest BCUT2D eigenvalue weighted by Gasteiger charge is 2.62. The molecule has 1 aromatic heterocycles. The largest absolute Gasteiger partial charge is 0.368 e. The number of anilines is 1. The maximum atomic E-state index is 13.5. The summed E-state index contributed by atoms with van der Waals surface area (Å²) in [6, 6.07) is -0.0492. The lowest BCUT2D eigenvalue weighted by atomic mass is 9.90. The number of amides is 3. The first-order valence-electron chi connectivity index (χ1n) is 11.0. The molecule has 3 amide bonds. The Bertz CT molecular complexity index is 1480. The second-order valence-corrected chi connectivity index (χ2v) is 8.81. The molecule has 0 saturated carbocycles. The fourth-order valence-corrected chi connectivity index (χ4v) is 4.50. The summed E-state index contributed by atoms with van der Waals surface area (Å²) >= 11 is 0. The summed E-state index contributed by atoms with van der Waals surface area (Å²) in [5.41, 5.74) is 4.07. The molecule has 2 aliphatic heterocycles. The third-order valence-corrected chi connectivity index (χ3v) is 6.13. The van der Waals surface area contributed by atoms with E-state index in [-0.39, 0.29) is 5.56 Å². The first-order chi connectivity index (χ1) is 17.8. The highest BCUT2D eigenvalue weighted by Crippen LogP contribution is 2.45. The van der Waals surface area contributed by atoms with Crippen molar-refractivity contribution in [2.45, 2.75) is 32.0 Å². The van der Waals surface area contributed by atoms with E-state index < -0.39 is 85.9 Å². The first-order valence-corrected chi connectivity index (χ1v) is 11.0. The number of hydrogen-bond acceptors (Lipinski definition) is 12. The number of nitro benzene ring substituents is 2. The number of carbonyl (C=O) groups excluding carboxylic acids is 3. The van der Waals surface area contributed by atoms with Crippen molar-refractivity contribution in [2.75, 3.05) is 5.43 Å². The van der Waals surface area contributed by atoms with Gasteiger partial charge in [-0.15, -0.1) is 0 Å². The molecular weight excluding hydrogens is 512 g/mol. The van der Waals surface area contributed by atoms with Crippen LogP contribution in [0.2, 0.25) is 0 Å². The molecule has 1 aromatic carbocycles. The molecule has 2 aliphatic rings. The van der Waals surface area contributed by atoms with Crippen LogP contribution in [0.4, 0.5) is 17.1 Å². The number of H-pyrrole nitrogens is 2. The van der Waals surface area contributed by atoms with Crippen molar-refractivity contribution in [3.05, 3.63) is 71.0 Å². The van der Waals surface area contributed by atoms with Gasteiger partial charge in [0.15, 0.2) is 6.10 Å². The number of nitrogens with zero attached hydrogens (tertiary/aromatic N) is 4. The number of aromatic amines is 2. The minimum atomic E-state index is -1.58. The van der Waals surface area contributed by atoms with E-state index in [1.807, 2.05) is 4.98 Å². The molecule has 18 nitrogen and oxygen atoms in total. The van der Waals surface area contributed by atoms with Crippen molar-refractivity contribution >= 4 is 34.8 Å². The molecular formula is C20H20N8O10. The number of nitro groups is 2. The van der Waals surface area contributed by atoms with Crippen molar-refractivity contribution < 1.29 is 29.1 Å². The number of hydroxylamine groups is 2. The van der Waals surface area contributed by atoms with Gasteiger partial charge >= 0.3 is 11.4 Å². The highest BCUT2D eigenvalue weighted by atomic mass is 16.7. The predicted octanol–water partition coefficient (Wildman–Crippen LogP) is -0.941. The molecule has 0 radical (unpaired) electrons. The Balaban J connectivity index is 1.77. The third-order valence-electron chi connectivity index (χ3n) is 6.13. The van der Waals surface area contributed by atoms with Gasteiger partial charge in [0.25, 0.3) is 23.1 Å². The summed E-state index contributed by atoms with van der Waals surface area (Å²) in [7, 11) is 0. The van der Waals surface area contributed by atoms with Crippen LogP contribution in [0, 0.1) is 32.1 Å². The van der Waals surface area contributed by atoms with Crippen LogP contribution < -0.4 is 22.4 Å². The number of aromatic nitrogens is 2. The van der Waals surface area contributed by atoms with E-state index in [1.54, 1.807) is 13.8 Å². The summed E-state index contributed by atoms with van der Waals surface area (Å²) in [6.45, 7) is 3.23. The van der Waals surface area contributed by atoms with Crippen LogP contribution in [-0.4, -0.2) is 59.8 Å². The van der Waals surface area contributed by atoms with Crippen molar-refractivity contribution in [1.82, 2.24) is 20.0 Å². The summed E-state index contributed by atoms with van der Waals surface area (Å²) in [5, 5.41) is 23.9. The van der Waals surface area contributed by atoms with Gasteiger partial charge in [-0.25, -0.2) is 4.79 Å². The standard InChI is InChI=1S/C20H20N8O10/c1-7(2)13(16(21)29)26-14(9-6-22-20(33)23-17(9)30)12-15(38-26)19(32)25(18(12)31)24-10-4-3-8(27(34)35)5-11(10)28(36)37/h3-7,12-15,24H,1-2H3,(H2,21,29)(H2,22,23,30,33). The molecule has 4 atom stereocenters. The van der Waals surface area contributed by atoms with Crippen LogP contribution in [0.1, 0.15) is 25.5 Å². The summed E-state index contributed by atoms with van der Waals surface area (Å²) in [5.74, 6) is -4.83. The van der Waals surface area contributed by atoms with E-state index in [0.717, 1.165) is 23.4 Å². The van der Waals surface area contributed by atoms with Gasteiger partial charge < -0.3 is 10.7 Å². The molecule has 38 heavy (non-hydrogen) atoms. The van der Waals surface area contributed by atoms with E-state index in [1.165, 1.54) is 0 Å². The molecule has 2 fully saturated rings. The number of nitrogens with two attached hydrogens (primary N) is 1. The van der Waals surface area contributed by atoms with Crippen LogP contribution in [0.25, 0.3) is 0 Å². The molecule has 18 heteroatoms. The Morgan fingerprint density at radius 3 is 2.37 bits per heavy atom. The van der Waals surface area contributed by atoms with Gasteiger partial charge in [-0.3, -0.25) is 54.7 Å². The van der Waals surface area contributed by atoms with Crippen LogP contribution in [0.5, 0.6) is 0 Å². The van der Waals surface area contributed by atoms with E-state index in [0.29, 0.717) is 11.1 Å². The fraction of sp³-hybridized carbons (Fsp3) is 0.350. The summed E-state index contributed by atoms with van der Waals surface area (Å²) in [6.07, 6.45) is -0.568. The minimum Gasteiger partial charge on any atom is -0.368 e. The molecule has 0 aliphatic carbocycles. The van der Waals surface area contributed by atoms with E-state index in [2.05, 4.69) is 10.4 Å². The average Bonchev–Trinajstić information content (AvgIpc) is 3.30. The van der Waals surface area contributed by atoms with Gasteiger partial charge in [0.1, 0.15) is 17.6 Å². The smallest absolute Gasteiger partial charge is 0.325 e. The zero-order chi connectivity index (χ0) is 28.0. The number of fused-ring (bicyclic) bond motifs is 1. The molecule has 0 bridgehead atoms. The predicted molar refractivity (Wildman–Crippen MR) is 124 cm³/mol. The number of hydrazine groups is 1. The number of benzene rings is 1. The van der Waals surface area contributed by atoms with Crippen LogP contribution >= 0.6 is 0 Å². The normalized spacial score (nSPS) is 22.0. The number of nitrogens with one attached hydrogen (secondary N) is 3. The van der Waals surface area contributed by atoms with Gasteiger partial charge in [0.05, 0.1) is 27.5 Å².